The first kappa shape index (κ1) is 26.6. The number of hydrogen-bond acceptors (Lipinski definition) is 4. The van der Waals surface area contributed by atoms with Gasteiger partial charge >= 0.3 is 0 Å². The number of halogens is 1. The van der Waals surface area contributed by atoms with Crippen LogP contribution in [0.1, 0.15) is 45.1 Å². The Kier molecular flexibility index (Phi) is 13.7. The maximum absolute atomic E-state index is 11.9. The summed E-state index contributed by atoms with van der Waals surface area (Å²) in [4.78, 5) is 16.2. The molecule has 1 unspecified atom stereocenters. The van der Waals surface area contributed by atoms with Gasteiger partial charge in [0.1, 0.15) is 0 Å². The van der Waals surface area contributed by atoms with Crippen molar-refractivity contribution in [1.29, 1.82) is 0 Å². The quantitative estimate of drug-likeness (QED) is 0.176. The first-order valence-electron chi connectivity index (χ1n) is 10.6. The highest BCUT2D eigenvalue weighted by molar-refractivity contribution is 14.0. The van der Waals surface area contributed by atoms with Crippen molar-refractivity contribution < 1.29 is 14.3 Å². The molecule has 1 atom stereocenters. The highest BCUT2D eigenvalue weighted by Gasteiger charge is 2.14. The summed E-state index contributed by atoms with van der Waals surface area (Å²) in [6.45, 7) is 7.76. The Morgan fingerprint density at radius 1 is 1.33 bits per heavy atom. The number of benzene rings is 1. The zero-order valence-corrected chi connectivity index (χ0v) is 20.7. The topological polar surface area (TPSA) is 84.0 Å². The van der Waals surface area contributed by atoms with Gasteiger partial charge in [0.05, 0.1) is 12.7 Å². The Balaban J connectivity index is 0.00000450. The summed E-state index contributed by atoms with van der Waals surface area (Å²) in [5.41, 5.74) is 1.90. The normalized spacial score (nSPS) is 16.3. The number of nitrogens with one attached hydrogen (secondary N) is 3. The number of anilines is 1. The van der Waals surface area contributed by atoms with Crippen molar-refractivity contribution in [1.82, 2.24) is 10.6 Å². The third-order valence-corrected chi connectivity index (χ3v) is 4.57. The molecule has 0 aromatic heterocycles. The minimum Gasteiger partial charge on any atom is -0.379 e. The van der Waals surface area contributed by atoms with E-state index in [9.17, 15) is 4.79 Å². The van der Waals surface area contributed by atoms with E-state index in [-0.39, 0.29) is 36.0 Å². The van der Waals surface area contributed by atoms with Crippen LogP contribution in [-0.2, 0) is 20.8 Å². The zero-order chi connectivity index (χ0) is 20.9. The van der Waals surface area contributed by atoms with E-state index in [2.05, 4.69) is 20.9 Å². The van der Waals surface area contributed by atoms with E-state index < -0.39 is 0 Å². The molecule has 1 aliphatic heterocycles. The van der Waals surface area contributed by atoms with Crippen molar-refractivity contribution in [2.24, 2.45) is 10.9 Å². The molecule has 1 saturated heterocycles. The van der Waals surface area contributed by atoms with E-state index >= 15 is 0 Å². The molecule has 1 aromatic carbocycles. The fourth-order valence-electron chi connectivity index (χ4n) is 3.12. The molecule has 1 fully saturated rings. The summed E-state index contributed by atoms with van der Waals surface area (Å²) in [6.07, 6.45) is 3.96. The lowest BCUT2D eigenvalue weighted by molar-refractivity contribution is -0.116. The molecule has 2 rings (SSSR count). The van der Waals surface area contributed by atoms with Crippen LogP contribution in [0.3, 0.4) is 0 Å². The standard InChI is InChI=1S/C22H36N4O3.HI/c1-17(2)13-21(27)26-19-8-4-7-18(14-19)15-25-22(23-3)24-10-6-11-28-16-20-9-5-12-29-20;/h4,7-8,14,17,20H,5-6,9-13,15-16H2,1-3H3,(H,26,27)(H2,23,24,25);1H. The summed E-state index contributed by atoms with van der Waals surface area (Å²) in [7, 11) is 1.76. The summed E-state index contributed by atoms with van der Waals surface area (Å²) in [5, 5.41) is 9.55. The lowest BCUT2D eigenvalue weighted by Crippen LogP contribution is -2.37. The maximum Gasteiger partial charge on any atom is 0.224 e. The van der Waals surface area contributed by atoms with Crippen molar-refractivity contribution in [2.45, 2.75) is 52.2 Å². The van der Waals surface area contributed by atoms with Gasteiger partial charge in [0.2, 0.25) is 5.91 Å². The molecule has 1 amide bonds. The molecule has 3 N–H and O–H groups in total. The van der Waals surface area contributed by atoms with Gasteiger partial charge in [0.25, 0.3) is 0 Å². The number of amides is 1. The molecule has 0 bridgehead atoms. The molecule has 0 radical (unpaired) electrons. The van der Waals surface area contributed by atoms with Crippen molar-refractivity contribution in [2.75, 3.05) is 38.7 Å². The minimum absolute atomic E-state index is 0. The predicted molar refractivity (Wildman–Crippen MR) is 133 cm³/mol. The Bertz CT molecular complexity index is 649. The monoisotopic (exact) mass is 532 g/mol. The highest BCUT2D eigenvalue weighted by Crippen LogP contribution is 2.13. The zero-order valence-electron chi connectivity index (χ0n) is 18.4. The number of nitrogens with zero attached hydrogens (tertiary/aromatic N) is 1. The first-order valence-corrected chi connectivity index (χ1v) is 10.6. The van der Waals surface area contributed by atoms with E-state index in [1.807, 2.05) is 38.1 Å². The van der Waals surface area contributed by atoms with Crippen molar-refractivity contribution in [3.8, 4) is 0 Å². The molecule has 1 heterocycles. The minimum atomic E-state index is 0. The molecular weight excluding hydrogens is 495 g/mol. The van der Waals surface area contributed by atoms with Gasteiger partial charge in [-0.1, -0.05) is 26.0 Å². The Morgan fingerprint density at radius 2 is 2.17 bits per heavy atom. The molecule has 30 heavy (non-hydrogen) atoms. The molecule has 7 nitrogen and oxygen atoms in total. The molecular formula is C22H37IN4O3. The SMILES string of the molecule is CN=C(NCCCOCC1CCCO1)NCc1cccc(NC(=O)CC(C)C)c1.I. The molecule has 170 valence electrons. The second kappa shape index (κ2) is 15.4. The fraction of sp³-hybridized carbons (Fsp3) is 0.636. The van der Waals surface area contributed by atoms with Crippen LogP contribution >= 0.6 is 24.0 Å². The van der Waals surface area contributed by atoms with E-state index in [1.54, 1.807) is 7.05 Å². The van der Waals surface area contributed by atoms with E-state index in [0.717, 1.165) is 49.6 Å². The first-order chi connectivity index (χ1) is 14.1. The average Bonchev–Trinajstić information content (AvgIpc) is 3.20. The van der Waals surface area contributed by atoms with Crippen molar-refractivity contribution in [3.05, 3.63) is 29.8 Å². The van der Waals surface area contributed by atoms with E-state index in [4.69, 9.17) is 9.47 Å². The average molecular weight is 532 g/mol. The van der Waals surface area contributed by atoms with Crippen LogP contribution < -0.4 is 16.0 Å². The van der Waals surface area contributed by atoms with Gasteiger partial charge in [0, 0.05) is 45.5 Å². The van der Waals surface area contributed by atoms with Gasteiger partial charge < -0.3 is 25.4 Å². The van der Waals surface area contributed by atoms with Gasteiger partial charge in [-0.05, 0) is 42.9 Å². The second-order valence-electron chi connectivity index (χ2n) is 7.76. The molecule has 1 aromatic rings. The number of carbonyl (C=O) groups is 1. The Morgan fingerprint density at radius 3 is 2.87 bits per heavy atom. The summed E-state index contributed by atoms with van der Waals surface area (Å²) >= 11 is 0. The summed E-state index contributed by atoms with van der Waals surface area (Å²) in [5.74, 6) is 1.14. The Labute approximate surface area is 197 Å². The van der Waals surface area contributed by atoms with Crippen LogP contribution in [0.4, 0.5) is 5.69 Å². The van der Waals surface area contributed by atoms with Gasteiger partial charge in [0.15, 0.2) is 5.96 Å². The lowest BCUT2D eigenvalue weighted by Gasteiger charge is -2.14. The van der Waals surface area contributed by atoms with Gasteiger partial charge in [-0.15, -0.1) is 24.0 Å². The van der Waals surface area contributed by atoms with Gasteiger partial charge in [-0.2, -0.15) is 0 Å². The molecule has 8 heteroatoms. The van der Waals surface area contributed by atoms with Crippen LogP contribution in [0.15, 0.2) is 29.3 Å². The van der Waals surface area contributed by atoms with Gasteiger partial charge in [-0.3, -0.25) is 9.79 Å². The third kappa shape index (κ3) is 11.1. The van der Waals surface area contributed by atoms with Crippen LogP contribution in [0.2, 0.25) is 0 Å². The van der Waals surface area contributed by atoms with E-state index in [0.29, 0.717) is 32.1 Å². The molecule has 1 aliphatic rings. The largest absolute Gasteiger partial charge is 0.379 e. The van der Waals surface area contributed by atoms with E-state index in [1.165, 1.54) is 0 Å². The Hall–Kier alpha value is -1.39. The van der Waals surface area contributed by atoms with Crippen LogP contribution in [0.25, 0.3) is 0 Å². The molecule has 0 saturated carbocycles. The maximum atomic E-state index is 11.9. The summed E-state index contributed by atoms with van der Waals surface area (Å²) < 4.78 is 11.2. The van der Waals surface area contributed by atoms with Crippen LogP contribution in [0, 0.1) is 5.92 Å². The number of guanidine groups is 1. The third-order valence-electron chi connectivity index (χ3n) is 4.57. The molecule has 0 aliphatic carbocycles. The lowest BCUT2D eigenvalue weighted by atomic mass is 10.1. The number of aliphatic imine (C=N–C) groups is 1. The number of ether oxygens (including phenoxy) is 2. The number of carbonyl (C=O) groups excluding carboxylic acids is 1. The van der Waals surface area contributed by atoms with Crippen LogP contribution in [-0.4, -0.2) is 51.4 Å². The van der Waals surface area contributed by atoms with Crippen molar-refractivity contribution in [3.63, 3.8) is 0 Å². The summed E-state index contributed by atoms with van der Waals surface area (Å²) in [6, 6.07) is 7.86. The number of rotatable bonds is 11. The smallest absolute Gasteiger partial charge is 0.224 e. The second-order valence-corrected chi connectivity index (χ2v) is 7.76. The van der Waals surface area contributed by atoms with Crippen LogP contribution in [0.5, 0.6) is 0 Å². The fourth-order valence-corrected chi connectivity index (χ4v) is 3.12. The molecule has 0 spiro atoms. The predicted octanol–water partition coefficient (Wildman–Crippen LogP) is 3.54. The highest BCUT2D eigenvalue weighted by atomic mass is 127. The number of hydrogen-bond donors (Lipinski definition) is 3. The van der Waals surface area contributed by atoms with Gasteiger partial charge in [-0.25, -0.2) is 0 Å². The van der Waals surface area contributed by atoms with Crippen molar-refractivity contribution >= 4 is 41.5 Å².